The highest BCUT2D eigenvalue weighted by Crippen LogP contribution is 2.17. The van der Waals surface area contributed by atoms with E-state index in [0.717, 1.165) is 4.57 Å². The van der Waals surface area contributed by atoms with Gasteiger partial charge in [0.05, 0.1) is 16.2 Å². The second-order valence-corrected chi connectivity index (χ2v) is 4.37. The van der Waals surface area contributed by atoms with Crippen LogP contribution in [0.2, 0.25) is 0 Å². The lowest BCUT2D eigenvalue weighted by atomic mass is 10.3. The van der Waals surface area contributed by atoms with E-state index in [1.54, 1.807) is 0 Å². The zero-order chi connectivity index (χ0) is 15.6. The van der Waals surface area contributed by atoms with E-state index in [4.69, 9.17) is 0 Å². The maximum atomic E-state index is 11.9. The molecule has 0 aliphatic carbocycles. The molecule has 0 saturated heterocycles. The predicted molar refractivity (Wildman–Crippen MR) is 77.3 cm³/mol. The van der Waals surface area contributed by atoms with E-state index >= 15 is 0 Å². The van der Waals surface area contributed by atoms with Gasteiger partial charge in [0.1, 0.15) is 0 Å². The van der Waals surface area contributed by atoms with Crippen LogP contribution < -0.4 is 11.2 Å². The number of rotatable bonds is 3. The Morgan fingerprint density at radius 1 is 1.19 bits per heavy atom. The zero-order valence-corrected chi connectivity index (χ0v) is 11.4. The third-order valence-electron chi connectivity index (χ3n) is 2.89. The summed E-state index contributed by atoms with van der Waals surface area (Å²) in [4.78, 5) is 37.5. The van der Waals surface area contributed by atoms with Gasteiger partial charge in [-0.15, -0.1) is 0 Å². The highest BCUT2D eigenvalue weighted by molar-refractivity contribution is 5.81. The lowest BCUT2D eigenvalue weighted by Crippen LogP contribution is -2.38. The number of benzene rings is 1. The molecule has 108 valence electrons. The second-order valence-electron chi connectivity index (χ2n) is 4.37. The number of hydrogen-bond acceptors (Lipinski definition) is 5. The smallest absolute Gasteiger partial charge is 0.303 e. The molecular formula is C13H12N4O4. The lowest BCUT2D eigenvalue weighted by Gasteiger charge is -2.02. The van der Waals surface area contributed by atoms with Crippen LogP contribution in [-0.4, -0.2) is 20.3 Å². The zero-order valence-electron chi connectivity index (χ0n) is 11.4. The summed E-state index contributed by atoms with van der Waals surface area (Å²) in [7, 11) is 2.92. The van der Waals surface area contributed by atoms with Gasteiger partial charge in [0.25, 0.3) is 11.2 Å². The Bertz CT molecular complexity index is 831. The van der Waals surface area contributed by atoms with Crippen molar-refractivity contribution in [1.82, 2.24) is 9.13 Å². The molecule has 21 heavy (non-hydrogen) atoms. The molecule has 0 N–H and O–H groups in total. The van der Waals surface area contributed by atoms with Crippen LogP contribution in [0.1, 0.15) is 5.56 Å². The van der Waals surface area contributed by atoms with E-state index < -0.39 is 16.2 Å². The average Bonchev–Trinajstić information content (AvgIpc) is 2.48. The fraction of sp³-hybridized carbons (Fsp3) is 0.154. The fourth-order valence-corrected chi connectivity index (χ4v) is 1.73. The standard InChI is InChI=1S/C13H12N4O4/c1-15-8-9(12(18)16(2)13(15)19)7-14-10-3-5-11(6-4-10)17(20)21/h3-8H,1-2H3. The Hall–Kier alpha value is -3.03. The van der Waals surface area contributed by atoms with Crippen LogP contribution in [0.25, 0.3) is 0 Å². The topological polar surface area (TPSA) is 99.5 Å². The van der Waals surface area contributed by atoms with E-state index in [1.165, 1.54) is 55.3 Å². The molecule has 0 amide bonds. The SMILES string of the molecule is Cn1cc(C=Nc2ccc([N+](=O)[O-])cc2)c(=O)n(C)c1=O. The number of nitrogens with zero attached hydrogens (tertiary/aromatic N) is 4. The Morgan fingerprint density at radius 3 is 2.38 bits per heavy atom. The van der Waals surface area contributed by atoms with Crippen molar-refractivity contribution in [2.75, 3.05) is 0 Å². The predicted octanol–water partition coefficient (Wildman–Crippen LogP) is 0.743. The first-order valence-electron chi connectivity index (χ1n) is 5.95. The number of nitro benzene ring substituents is 1. The second kappa shape index (κ2) is 5.53. The van der Waals surface area contributed by atoms with Crippen molar-refractivity contribution in [2.45, 2.75) is 0 Å². The Labute approximate surface area is 118 Å². The first-order chi connectivity index (χ1) is 9.90. The summed E-state index contributed by atoms with van der Waals surface area (Å²) in [5, 5.41) is 10.5. The van der Waals surface area contributed by atoms with Crippen molar-refractivity contribution in [3.8, 4) is 0 Å². The van der Waals surface area contributed by atoms with Gasteiger partial charge in [-0.2, -0.15) is 0 Å². The quantitative estimate of drug-likeness (QED) is 0.472. The molecule has 0 unspecified atom stereocenters. The molecule has 1 heterocycles. The highest BCUT2D eigenvalue weighted by Gasteiger charge is 2.05. The van der Waals surface area contributed by atoms with Gasteiger partial charge in [-0.1, -0.05) is 0 Å². The Kier molecular flexibility index (Phi) is 3.79. The minimum Gasteiger partial charge on any atom is -0.303 e. The fourth-order valence-electron chi connectivity index (χ4n) is 1.73. The Balaban J connectivity index is 2.36. The minimum atomic E-state index is -0.504. The van der Waals surface area contributed by atoms with Crippen molar-refractivity contribution in [3.63, 3.8) is 0 Å². The van der Waals surface area contributed by atoms with Crippen LogP contribution in [-0.2, 0) is 14.1 Å². The van der Waals surface area contributed by atoms with Crippen LogP contribution in [0.4, 0.5) is 11.4 Å². The summed E-state index contributed by atoms with van der Waals surface area (Å²) >= 11 is 0. The van der Waals surface area contributed by atoms with Gasteiger partial charge < -0.3 is 4.57 Å². The van der Waals surface area contributed by atoms with Gasteiger partial charge in [0.2, 0.25) is 0 Å². The van der Waals surface area contributed by atoms with E-state index in [9.17, 15) is 19.7 Å². The molecule has 0 atom stereocenters. The van der Waals surface area contributed by atoms with Gasteiger partial charge >= 0.3 is 5.69 Å². The maximum Gasteiger partial charge on any atom is 0.330 e. The molecular weight excluding hydrogens is 276 g/mol. The van der Waals surface area contributed by atoms with Crippen LogP contribution in [0, 0.1) is 10.1 Å². The van der Waals surface area contributed by atoms with Crippen LogP contribution in [0.5, 0.6) is 0 Å². The number of non-ortho nitro benzene ring substituents is 1. The first kappa shape index (κ1) is 14.4. The molecule has 2 rings (SSSR count). The molecule has 0 saturated carbocycles. The van der Waals surface area contributed by atoms with Crippen LogP contribution in [0.15, 0.2) is 45.0 Å². The van der Waals surface area contributed by atoms with Crippen molar-refractivity contribution in [3.05, 3.63) is 67.0 Å². The summed E-state index contributed by atoms with van der Waals surface area (Å²) in [6, 6.07) is 5.60. The summed E-state index contributed by atoms with van der Waals surface area (Å²) < 4.78 is 2.26. The molecule has 1 aromatic carbocycles. The summed E-state index contributed by atoms with van der Waals surface area (Å²) in [6.45, 7) is 0. The first-order valence-corrected chi connectivity index (χ1v) is 5.95. The number of aliphatic imine (C=N–C) groups is 1. The molecule has 8 heteroatoms. The molecule has 2 aromatic rings. The third kappa shape index (κ3) is 2.94. The molecule has 0 aliphatic heterocycles. The molecule has 0 fully saturated rings. The third-order valence-corrected chi connectivity index (χ3v) is 2.89. The normalized spacial score (nSPS) is 11.0. The maximum absolute atomic E-state index is 11.9. The summed E-state index contributed by atoms with van der Waals surface area (Å²) in [6.07, 6.45) is 2.71. The molecule has 0 spiro atoms. The van der Waals surface area contributed by atoms with E-state index in [0.29, 0.717) is 5.69 Å². The number of hydrogen-bond donors (Lipinski definition) is 0. The minimum absolute atomic E-state index is 0.0352. The summed E-state index contributed by atoms with van der Waals surface area (Å²) in [5.74, 6) is 0. The number of aromatic nitrogens is 2. The van der Waals surface area contributed by atoms with E-state index in [-0.39, 0.29) is 11.3 Å². The van der Waals surface area contributed by atoms with Crippen molar-refractivity contribution in [2.24, 2.45) is 19.1 Å². The molecule has 8 nitrogen and oxygen atoms in total. The van der Waals surface area contributed by atoms with Gasteiger partial charge in [0, 0.05) is 38.6 Å². The van der Waals surface area contributed by atoms with Gasteiger partial charge in [0.15, 0.2) is 0 Å². The molecule has 1 aromatic heterocycles. The summed E-state index contributed by atoms with van der Waals surface area (Å²) in [5.41, 5.74) is -0.197. The largest absolute Gasteiger partial charge is 0.330 e. The molecule has 0 bridgehead atoms. The van der Waals surface area contributed by atoms with Crippen LogP contribution >= 0.6 is 0 Å². The van der Waals surface area contributed by atoms with Gasteiger partial charge in [-0.25, -0.2) is 4.79 Å². The highest BCUT2D eigenvalue weighted by atomic mass is 16.6. The average molecular weight is 288 g/mol. The van der Waals surface area contributed by atoms with Gasteiger partial charge in [-0.05, 0) is 12.1 Å². The monoisotopic (exact) mass is 288 g/mol. The Morgan fingerprint density at radius 2 is 1.81 bits per heavy atom. The van der Waals surface area contributed by atoms with Crippen LogP contribution in [0.3, 0.4) is 0 Å². The number of aryl methyl sites for hydroxylation is 1. The van der Waals surface area contributed by atoms with Crippen molar-refractivity contribution < 1.29 is 4.92 Å². The number of nitro groups is 1. The van der Waals surface area contributed by atoms with Crippen molar-refractivity contribution in [1.29, 1.82) is 0 Å². The molecule has 0 aliphatic rings. The van der Waals surface area contributed by atoms with E-state index in [2.05, 4.69) is 4.99 Å². The van der Waals surface area contributed by atoms with Gasteiger partial charge in [-0.3, -0.25) is 24.5 Å². The lowest BCUT2D eigenvalue weighted by molar-refractivity contribution is -0.384. The van der Waals surface area contributed by atoms with Crippen molar-refractivity contribution >= 4 is 17.6 Å². The molecule has 0 radical (unpaired) electrons. The van der Waals surface area contributed by atoms with E-state index in [1.807, 2.05) is 0 Å².